The number of anilines is 1. The van der Waals surface area contributed by atoms with Crippen LogP contribution in [-0.4, -0.2) is 60.6 Å². The Bertz CT molecular complexity index is 1050. The van der Waals surface area contributed by atoms with Gasteiger partial charge in [0.05, 0.1) is 36.8 Å². The molecule has 1 fully saturated rings. The number of hydrogen-bond donors (Lipinski definition) is 1. The molecule has 9 nitrogen and oxygen atoms in total. The molecule has 0 radical (unpaired) electrons. The number of aryl methyl sites for hydroxylation is 2. The molecule has 2 amide bonds. The van der Waals surface area contributed by atoms with E-state index in [4.69, 9.17) is 9.47 Å². The summed E-state index contributed by atoms with van der Waals surface area (Å²) >= 11 is 0. The zero-order valence-electron chi connectivity index (χ0n) is 20.0. The molecule has 0 unspecified atom stereocenters. The molecule has 1 aromatic carbocycles. The van der Waals surface area contributed by atoms with Crippen LogP contribution in [0.2, 0.25) is 0 Å². The van der Waals surface area contributed by atoms with E-state index in [1.807, 2.05) is 25.3 Å². The molecule has 2 heterocycles. The lowest BCUT2D eigenvalue weighted by atomic mass is 10.0. The second kappa shape index (κ2) is 12.0. The molecule has 3 rings (SSSR count). The number of aromatic nitrogens is 1. The lowest BCUT2D eigenvalue weighted by Gasteiger charge is -2.29. The number of benzene rings is 1. The van der Waals surface area contributed by atoms with Crippen LogP contribution in [0.5, 0.6) is 11.5 Å². The Hall–Kier alpha value is -3.62. The van der Waals surface area contributed by atoms with Gasteiger partial charge in [0.1, 0.15) is 0 Å². The highest BCUT2D eigenvalue weighted by molar-refractivity contribution is 5.91. The summed E-state index contributed by atoms with van der Waals surface area (Å²) in [5, 5.41) is 2.78. The van der Waals surface area contributed by atoms with Crippen LogP contribution >= 0.6 is 0 Å². The van der Waals surface area contributed by atoms with Crippen molar-refractivity contribution in [1.82, 2.24) is 9.47 Å². The van der Waals surface area contributed by atoms with Crippen molar-refractivity contribution in [2.75, 3.05) is 25.6 Å². The Balaban J connectivity index is 1.57. The Morgan fingerprint density at radius 3 is 2.76 bits per heavy atom. The summed E-state index contributed by atoms with van der Waals surface area (Å²) in [4.78, 5) is 40.8. The number of ether oxygens (including phenoxy) is 2. The van der Waals surface area contributed by atoms with Gasteiger partial charge in [0.15, 0.2) is 17.8 Å². The highest BCUT2D eigenvalue weighted by Crippen LogP contribution is 2.35. The van der Waals surface area contributed by atoms with Crippen LogP contribution in [-0.2, 0) is 16.6 Å². The van der Waals surface area contributed by atoms with E-state index in [1.54, 1.807) is 35.9 Å². The number of rotatable bonds is 11. The fraction of sp³-hybridized carbons (Fsp3) is 0.440. The monoisotopic (exact) mass is 468 g/mol. The molecule has 1 aliphatic heterocycles. The van der Waals surface area contributed by atoms with E-state index in [1.165, 1.54) is 0 Å². The summed E-state index contributed by atoms with van der Waals surface area (Å²) in [6, 6.07) is 5.32. The van der Waals surface area contributed by atoms with Gasteiger partial charge in [-0.05, 0) is 50.3 Å². The minimum atomic E-state index is -0.153. The first-order valence-corrected chi connectivity index (χ1v) is 11.4. The molecule has 1 saturated heterocycles. The van der Waals surface area contributed by atoms with Gasteiger partial charge in [-0.15, -0.1) is 0 Å². The third-order valence-electron chi connectivity index (χ3n) is 5.85. The van der Waals surface area contributed by atoms with Crippen molar-refractivity contribution in [2.24, 2.45) is 12.0 Å². The lowest BCUT2D eigenvalue weighted by Crippen LogP contribution is -2.39. The topological polar surface area (TPSA) is 102 Å². The number of nitrogens with zero attached hydrogens (tertiary/aromatic N) is 3. The zero-order valence-corrected chi connectivity index (χ0v) is 20.0. The average molecular weight is 469 g/mol. The maximum atomic E-state index is 12.2. The van der Waals surface area contributed by atoms with E-state index in [0.717, 1.165) is 49.8 Å². The fourth-order valence-corrected chi connectivity index (χ4v) is 3.90. The van der Waals surface area contributed by atoms with Crippen molar-refractivity contribution in [2.45, 2.75) is 45.1 Å². The third-order valence-corrected chi connectivity index (χ3v) is 5.85. The van der Waals surface area contributed by atoms with Crippen molar-refractivity contribution >= 4 is 36.2 Å². The molecule has 0 saturated carbocycles. The van der Waals surface area contributed by atoms with E-state index in [2.05, 4.69) is 10.3 Å². The number of aliphatic imine (C=N–C) groups is 1. The number of amides is 2. The number of nitrogens with one attached hydrogen (secondary N) is 1. The molecule has 9 heteroatoms. The Labute approximate surface area is 199 Å². The SMILES string of the molecule is COc1cc(C)c(/N=C\[C@@H]2CCCCN2C=O)cc1OCCCC(=O)Nc1cc(C=O)n(C)c1. The van der Waals surface area contributed by atoms with E-state index >= 15 is 0 Å². The van der Waals surface area contributed by atoms with Crippen molar-refractivity contribution in [3.8, 4) is 11.5 Å². The summed E-state index contributed by atoms with van der Waals surface area (Å²) in [5.41, 5.74) is 2.76. The summed E-state index contributed by atoms with van der Waals surface area (Å²) < 4.78 is 13.0. The van der Waals surface area contributed by atoms with E-state index in [-0.39, 0.29) is 18.4 Å². The molecule has 0 bridgehead atoms. The Morgan fingerprint density at radius 2 is 2.06 bits per heavy atom. The molecule has 1 atom stereocenters. The van der Waals surface area contributed by atoms with Crippen LogP contribution < -0.4 is 14.8 Å². The van der Waals surface area contributed by atoms with Crippen molar-refractivity contribution in [1.29, 1.82) is 0 Å². The predicted octanol–water partition coefficient (Wildman–Crippen LogP) is 3.67. The van der Waals surface area contributed by atoms with Gasteiger partial charge >= 0.3 is 0 Å². The van der Waals surface area contributed by atoms with E-state index in [0.29, 0.717) is 35.9 Å². The first-order valence-electron chi connectivity index (χ1n) is 11.4. The smallest absolute Gasteiger partial charge is 0.224 e. The first-order chi connectivity index (χ1) is 16.4. The van der Waals surface area contributed by atoms with E-state index < -0.39 is 0 Å². The average Bonchev–Trinajstić information content (AvgIpc) is 3.20. The summed E-state index contributed by atoms with van der Waals surface area (Å²) in [6.45, 7) is 3.03. The minimum absolute atomic E-state index is 0.00265. The van der Waals surface area contributed by atoms with Crippen LogP contribution in [0.3, 0.4) is 0 Å². The molecule has 2 aromatic rings. The van der Waals surface area contributed by atoms with Gasteiger partial charge < -0.3 is 24.3 Å². The summed E-state index contributed by atoms with van der Waals surface area (Å²) in [5.74, 6) is 0.994. The lowest BCUT2D eigenvalue weighted by molar-refractivity contribution is -0.120. The predicted molar refractivity (Wildman–Crippen MR) is 130 cm³/mol. The standard InChI is InChI=1S/C25H32N4O5/c1-18-11-23(33-3)24(13-22(18)26-14-20-7-4-5-9-29(20)17-31)34-10-6-8-25(32)27-19-12-21(16-30)28(2)15-19/h11-17,20H,4-10H2,1-3H3,(H,27,32)/b26-14-/t20-/m0/s1. The molecule has 0 aliphatic carbocycles. The first kappa shape index (κ1) is 25.0. The number of carbonyl (C=O) groups is 3. The van der Waals surface area contributed by atoms with Gasteiger partial charge in [-0.25, -0.2) is 0 Å². The normalized spacial score (nSPS) is 15.9. The van der Waals surface area contributed by atoms with Gasteiger partial charge in [0.25, 0.3) is 0 Å². The van der Waals surface area contributed by atoms with Gasteiger partial charge in [-0.2, -0.15) is 0 Å². The Morgan fingerprint density at radius 1 is 1.24 bits per heavy atom. The van der Waals surface area contributed by atoms with E-state index in [9.17, 15) is 14.4 Å². The molecule has 1 N–H and O–H groups in total. The molecule has 1 aliphatic rings. The van der Waals surface area contributed by atoms with Crippen LogP contribution in [0.15, 0.2) is 29.4 Å². The molecule has 0 spiro atoms. The largest absolute Gasteiger partial charge is 0.493 e. The number of likely N-dealkylation sites (tertiary alicyclic amines) is 1. The molecular weight excluding hydrogens is 436 g/mol. The van der Waals surface area contributed by atoms with Crippen LogP contribution in [0.1, 0.15) is 48.2 Å². The molecule has 1 aromatic heterocycles. The molecule has 182 valence electrons. The number of piperidine rings is 1. The third kappa shape index (κ3) is 6.46. The number of hydrogen-bond acceptors (Lipinski definition) is 6. The number of carbonyl (C=O) groups excluding carboxylic acids is 3. The summed E-state index contributed by atoms with van der Waals surface area (Å²) in [6.07, 6.45) is 8.93. The summed E-state index contributed by atoms with van der Waals surface area (Å²) in [7, 11) is 3.32. The highest BCUT2D eigenvalue weighted by atomic mass is 16.5. The van der Waals surface area contributed by atoms with Gasteiger partial charge in [0.2, 0.25) is 12.3 Å². The maximum absolute atomic E-state index is 12.2. The van der Waals surface area contributed by atoms with Gasteiger partial charge in [-0.1, -0.05) is 0 Å². The number of methoxy groups -OCH3 is 1. The minimum Gasteiger partial charge on any atom is -0.493 e. The second-order valence-electron chi connectivity index (χ2n) is 8.36. The van der Waals surface area contributed by atoms with Crippen molar-refractivity contribution in [3.63, 3.8) is 0 Å². The van der Waals surface area contributed by atoms with Crippen LogP contribution in [0, 0.1) is 6.92 Å². The molecule has 34 heavy (non-hydrogen) atoms. The fourth-order valence-electron chi connectivity index (χ4n) is 3.90. The highest BCUT2D eigenvalue weighted by Gasteiger charge is 2.19. The van der Waals surface area contributed by atoms with Crippen LogP contribution in [0.25, 0.3) is 0 Å². The second-order valence-corrected chi connectivity index (χ2v) is 8.36. The quantitative estimate of drug-likeness (QED) is 0.308. The van der Waals surface area contributed by atoms with Crippen molar-refractivity contribution < 1.29 is 23.9 Å². The van der Waals surface area contributed by atoms with Crippen LogP contribution in [0.4, 0.5) is 11.4 Å². The Kier molecular flexibility index (Phi) is 8.84. The molecular formula is C25H32N4O5. The van der Waals surface area contributed by atoms with Gasteiger partial charge in [-0.3, -0.25) is 19.4 Å². The maximum Gasteiger partial charge on any atom is 0.224 e. The van der Waals surface area contributed by atoms with Gasteiger partial charge in [0, 0.05) is 38.5 Å². The van der Waals surface area contributed by atoms with Crippen molar-refractivity contribution in [3.05, 3.63) is 35.7 Å². The number of aldehydes is 1. The zero-order chi connectivity index (χ0) is 24.5.